The lowest BCUT2D eigenvalue weighted by atomic mass is 10.1. The molecule has 5 rings (SSSR count). The summed E-state index contributed by atoms with van der Waals surface area (Å²) in [6, 6.07) is 22.0. The maximum atomic E-state index is 6.25. The van der Waals surface area contributed by atoms with Crippen molar-refractivity contribution in [2.75, 3.05) is 11.9 Å². The van der Waals surface area contributed by atoms with Crippen molar-refractivity contribution in [3.05, 3.63) is 94.8 Å². The average molecular weight is 424 g/mol. The molecule has 0 unspecified atom stereocenters. The van der Waals surface area contributed by atoms with E-state index in [0.29, 0.717) is 10.8 Å². The molecule has 0 aliphatic carbocycles. The molecule has 3 aromatic carbocycles. The molecular weight excluding hydrogens is 406 g/mol. The van der Waals surface area contributed by atoms with Gasteiger partial charge in [0.1, 0.15) is 12.1 Å². The first-order valence-electron chi connectivity index (χ1n) is 9.80. The van der Waals surface area contributed by atoms with Gasteiger partial charge in [-0.2, -0.15) is 4.98 Å². The number of rotatable bonds is 2. The van der Waals surface area contributed by atoms with E-state index in [4.69, 9.17) is 16.6 Å². The van der Waals surface area contributed by atoms with Crippen LogP contribution in [0.4, 0.5) is 11.5 Å². The Balaban J connectivity index is 1.56. The van der Waals surface area contributed by atoms with Crippen molar-refractivity contribution < 1.29 is 0 Å². The van der Waals surface area contributed by atoms with E-state index in [1.807, 2.05) is 64.9 Å². The second kappa shape index (κ2) is 7.75. The third-order valence-electron chi connectivity index (χ3n) is 5.15. The number of anilines is 2. The van der Waals surface area contributed by atoms with Crippen LogP contribution in [0.1, 0.15) is 16.7 Å². The monoisotopic (exact) mass is 423 g/mol. The van der Waals surface area contributed by atoms with Gasteiger partial charge in [-0.1, -0.05) is 47.2 Å². The summed E-state index contributed by atoms with van der Waals surface area (Å²) in [6.07, 6.45) is 1.64. The molecule has 6 heteroatoms. The number of halogens is 1. The van der Waals surface area contributed by atoms with Gasteiger partial charge in [-0.15, -0.1) is 10.2 Å². The zero-order chi connectivity index (χ0) is 21.4. The lowest BCUT2D eigenvalue weighted by molar-refractivity contribution is 1.08. The lowest BCUT2D eigenvalue weighted by Crippen LogP contribution is -2.13. The number of aromatic nitrogens is 4. The molecule has 0 fully saturated rings. The molecule has 0 radical (unpaired) electrons. The Morgan fingerprint density at radius 2 is 1.74 bits per heavy atom. The van der Waals surface area contributed by atoms with Crippen LogP contribution in [-0.4, -0.2) is 26.6 Å². The van der Waals surface area contributed by atoms with Crippen LogP contribution in [0.3, 0.4) is 0 Å². The summed E-state index contributed by atoms with van der Waals surface area (Å²) in [5.41, 5.74) is 5.02. The fourth-order valence-corrected chi connectivity index (χ4v) is 3.64. The summed E-state index contributed by atoms with van der Waals surface area (Å²) < 4.78 is 1.84. The van der Waals surface area contributed by atoms with Gasteiger partial charge in [0.15, 0.2) is 0 Å². The molecule has 31 heavy (non-hydrogen) atoms. The highest BCUT2D eigenvalue weighted by molar-refractivity contribution is 6.31. The van der Waals surface area contributed by atoms with Gasteiger partial charge < -0.3 is 4.90 Å². The maximum absolute atomic E-state index is 6.25. The quantitative estimate of drug-likeness (QED) is 0.356. The van der Waals surface area contributed by atoms with E-state index >= 15 is 0 Å². The van der Waals surface area contributed by atoms with Gasteiger partial charge >= 0.3 is 0 Å². The molecule has 0 bridgehead atoms. The van der Waals surface area contributed by atoms with E-state index in [9.17, 15) is 0 Å². The van der Waals surface area contributed by atoms with Crippen LogP contribution in [0, 0.1) is 18.8 Å². The van der Waals surface area contributed by atoms with Gasteiger partial charge in [0.25, 0.3) is 5.78 Å². The molecule has 0 aliphatic rings. The third-order valence-corrected chi connectivity index (χ3v) is 5.38. The summed E-state index contributed by atoms with van der Waals surface area (Å²) in [6.45, 7) is 2.07. The van der Waals surface area contributed by atoms with Crippen LogP contribution in [0.2, 0.25) is 5.02 Å². The Kier molecular flexibility index (Phi) is 4.78. The van der Waals surface area contributed by atoms with E-state index in [1.54, 1.807) is 6.33 Å². The second-order valence-corrected chi connectivity index (χ2v) is 7.76. The average Bonchev–Trinajstić information content (AvgIpc) is 3.27. The molecule has 5 nitrogen and oxygen atoms in total. The van der Waals surface area contributed by atoms with Crippen LogP contribution < -0.4 is 4.90 Å². The molecule has 5 aromatic rings. The van der Waals surface area contributed by atoms with Crippen LogP contribution in [0.25, 0.3) is 16.7 Å². The molecule has 0 amide bonds. The van der Waals surface area contributed by atoms with Gasteiger partial charge in [0, 0.05) is 34.3 Å². The number of hydrogen-bond acceptors (Lipinski definition) is 4. The number of benzene rings is 3. The molecule has 0 aliphatic heterocycles. The largest absolute Gasteiger partial charge is 0.329 e. The summed E-state index contributed by atoms with van der Waals surface area (Å²) in [5, 5.41) is 9.73. The zero-order valence-electron chi connectivity index (χ0n) is 17.0. The topological polar surface area (TPSA) is 46.3 Å². The van der Waals surface area contributed by atoms with Crippen molar-refractivity contribution in [3.8, 4) is 11.8 Å². The number of hydrogen-bond donors (Lipinski definition) is 0. The second-order valence-electron chi connectivity index (χ2n) is 7.32. The molecule has 0 saturated heterocycles. The van der Waals surface area contributed by atoms with Crippen molar-refractivity contribution in [2.24, 2.45) is 0 Å². The molecule has 2 heterocycles. The highest BCUT2D eigenvalue weighted by atomic mass is 35.5. The van der Waals surface area contributed by atoms with E-state index in [2.05, 4.69) is 47.2 Å². The number of aryl methyl sites for hydroxylation is 1. The van der Waals surface area contributed by atoms with Gasteiger partial charge in [-0.05, 0) is 55.5 Å². The minimum absolute atomic E-state index is 0.520. The summed E-state index contributed by atoms with van der Waals surface area (Å²) in [5.74, 6) is 7.78. The Morgan fingerprint density at radius 3 is 2.58 bits per heavy atom. The minimum Gasteiger partial charge on any atom is -0.329 e. The van der Waals surface area contributed by atoms with Crippen molar-refractivity contribution in [1.29, 1.82) is 0 Å². The van der Waals surface area contributed by atoms with Crippen LogP contribution in [0.15, 0.2) is 73.1 Å². The standard InChI is InChI=1S/C25H18ClN5/c1-17-6-8-18(9-7-17)10-11-19-4-3-5-21(14-19)30(2)24-22-13-12-20(26)15-23(22)31-16-27-29-25(31)28-24/h3-9,12-16H,1-2H3. The molecule has 150 valence electrons. The number of fused-ring (bicyclic) bond motifs is 3. The van der Waals surface area contributed by atoms with Crippen LogP contribution in [0.5, 0.6) is 0 Å². The molecule has 2 aromatic heterocycles. The van der Waals surface area contributed by atoms with Gasteiger partial charge in [-0.25, -0.2) is 0 Å². The molecule has 0 spiro atoms. The summed E-state index contributed by atoms with van der Waals surface area (Å²) in [7, 11) is 1.98. The van der Waals surface area contributed by atoms with Crippen molar-refractivity contribution in [2.45, 2.75) is 6.92 Å². The van der Waals surface area contributed by atoms with Crippen LogP contribution in [-0.2, 0) is 0 Å². The Labute approximate surface area is 184 Å². The Bertz CT molecular complexity index is 1480. The Morgan fingerprint density at radius 1 is 0.935 bits per heavy atom. The third kappa shape index (κ3) is 3.70. The highest BCUT2D eigenvalue weighted by Gasteiger charge is 2.15. The fourth-order valence-electron chi connectivity index (χ4n) is 3.47. The smallest absolute Gasteiger partial charge is 0.257 e. The molecule has 0 saturated carbocycles. The summed E-state index contributed by atoms with van der Waals surface area (Å²) >= 11 is 6.25. The maximum Gasteiger partial charge on any atom is 0.257 e. The predicted molar refractivity (Wildman–Crippen MR) is 125 cm³/mol. The van der Waals surface area contributed by atoms with E-state index in [0.717, 1.165) is 33.5 Å². The highest BCUT2D eigenvalue weighted by Crippen LogP contribution is 2.31. The first kappa shape index (κ1) is 19.1. The Hall–Kier alpha value is -3.88. The molecule has 0 atom stereocenters. The molecular formula is C25H18ClN5. The predicted octanol–water partition coefficient (Wildman–Crippen LogP) is 5.41. The van der Waals surface area contributed by atoms with Crippen molar-refractivity contribution >= 4 is 39.8 Å². The lowest BCUT2D eigenvalue weighted by Gasteiger charge is -2.20. The fraction of sp³-hybridized carbons (Fsp3) is 0.0800. The normalized spacial score (nSPS) is 10.8. The summed E-state index contributed by atoms with van der Waals surface area (Å²) in [4.78, 5) is 6.77. The van der Waals surface area contributed by atoms with E-state index in [1.165, 1.54) is 5.56 Å². The zero-order valence-corrected chi connectivity index (χ0v) is 17.8. The van der Waals surface area contributed by atoms with Gasteiger partial charge in [0.2, 0.25) is 0 Å². The van der Waals surface area contributed by atoms with Crippen LogP contribution >= 0.6 is 11.6 Å². The van der Waals surface area contributed by atoms with E-state index in [-0.39, 0.29) is 0 Å². The van der Waals surface area contributed by atoms with Crippen molar-refractivity contribution in [1.82, 2.24) is 19.6 Å². The SMILES string of the molecule is Cc1ccc(C#Cc2cccc(N(C)c3nc4nncn4c4cc(Cl)ccc34)c2)cc1. The first-order chi connectivity index (χ1) is 15.1. The van der Waals surface area contributed by atoms with Gasteiger partial charge in [-0.3, -0.25) is 4.40 Å². The number of nitrogens with zero attached hydrogens (tertiary/aromatic N) is 5. The van der Waals surface area contributed by atoms with E-state index < -0.39 is 0 Å². The molecule has 0 N–H and O–H groups in total. The first-order valence-corrected chi connectivity index (χ1v) is 10.2. The minimum atomic E-state index is 0.520. The van der Waals surface area contributed by atoms with Gasteiger partial charge in [0.05, 0.1) is 5.52 Å². The van der Waals surface area contributed by atoms with Crippen molar-refractivity contribution in [3.63, 3.8) is 0 Å².